The molecule has 2 aromatic rings. The maximum absolute atomic E-state index is 12.6. The van der Waals surface area contributed by atoms with Crippen LogP contribution in [0.15, 0.2) is 77.0 Å². The number of nitrogens with one attached hydrogen (secondary N) is 2. The van der Waals surface area contributed by atoms with Crippen LogP contribution in [-0.4, -0.2) is 83.8 Å². The highest BCUT2D eigenvalue weighted by Crippen LogP contribution is 2.28. The molecule has 0 saturated carbocycles. The number of ether oxygens (including phenoxy) is 1. The molecule has 0 spiro atoms. The summed E-state index contributed by atoms with van der Waals surface area (Å²) in [6.07, 6.45) is 10.5. The summed E-state index contributed by atoms with van der Waals surface area (Å²) in [7, 11) is 3.35. The fourth-order valence-electron chi connectivity index (χ4n) is 4.93. The van der Waals surface area contributed by atoms with Crippen molar-refractivity contribution in [3.63, 3.8) is 0 Å². The quantitative estimate of drug-likeness (QED) is 0.360. The number of pyridine rings is 1. The van der Waals surface area contributed by atoms with Crippen LogP contribution < -0.4 is 10.6 Å². The highest BCUT2D eigenvalue weighted by Gasteiger charge is 2.30. The summed E-state index contributed by atoms with van der Waals surface area (Å²) < 4.78 is 18.1. The van der Waals surface area contributed by atoms with Crippen LogP contribution in [0.2, 0.25) is 0 Å². The van der Waals surface area contributed by atoms with Gasteiger partial charge >= 0.3 is 0 Å². The molecule has 2 unspecified atom stereocenters. The molecule has 2 aliphatic heterocycles. The molecule has 0 aliphatic carbocycles. The van der Waals surface area contributed by atoms with Gasteiger partial charge in [-0.1, -0.05) is 24.8 Å². The summed E-state index contributed by atoms with van der Waals surface area (Å²) in [6, 6.07) is 11.8. The van der Waals surface area contributed by atoms with Crippen molar-refractivity contribution in [2.24, 2.45) is 4.99 Å². The number of fused-ring (bicyclic) bond motifs is 1. The molecule has 2 aliphatic rings. The number of amidine groups is 1. The Morgan fingerprint density at radius 1 is 1.26 bits per heavy atom. The molecule has 1 fully saturated rings. The molecule has 1 aromatic heterocycles. The topological polar surface area (TPSA) is 82.1 Å². The van der Waals surface area contributed by atoms with Crippen molar-refractivity contribution in [1.29, 1.82) is 0 Å². The van der Waals surface area contributed by atoms with Gasteiger partial charge in [-0.25, -0.2) is 9.98 Å². The highest BCUT2D eigenvalue weighted by atomic mass is 32.2. The van der Waals surface area contributed by atoms with Gasteiger partial charge in [0.2, 0.25) is 0 Å². The van der Waals surface area contributed by atoms with Gasteiger partial charge in [0.05, 0.1) is 25.4 Å². The van der Waals surface area contributed by atoms with Crippen molar-refractivity contribution in [3.8, 4) is 0 Å². The van der Waals surface area contributed by atoms with E-state index in [9.17, 15) is 4.21 Å². The van der Waals surface area contributed by atoms with E-state index in [4.69, 9.17) is 9.73 Å². The molecular weight excluding hydrogens is 508 g/mol. The predicted molar refractivity (Wildman–Crippen MR) is 164 cm³/mol. The second-order valence-corrected chi connectivity index (χ2v) is 12.6. The average molecular weight is 549 g/mol. The third-order valence-corrected chi connectivity index (χ3v) is 8.22. The Bertz CT molecular complexity index is 1400. The van der Waals surface area contributed by atoms with Gasteiger partial charge in [-0.3, -0.25) is 9.11 Å². The number of hydrogen-bond acceptors (Lipinski definition) is 8. The first-order valence-corrected chi connectivity index (χ1v) is 15.3. The van der Waals surface area contributed by atoms with E-state index in [0.29, 0.717) is 12.4 Å². The number of aromatic nitrogens is 1. The SMILES string of the molecule is C=C(CN1CCCCN(C)C2CC=C(c3cccc(S(=C)(C)=O)c3)N=C21)Nc1cc(/C(=C/NC)OC)ccn1. The number of hydrogen-bond donors (Lipinski definition) is 2. The Morgan fingerprint density at radius 3 is 2.79 bits per heavy atom. The lowest BCUT2D eigenvalue weighted by molar-refractivity contribution is 0.245. The molecule has 1 saturated heterocycles. The molecule has 39 heavy (non-hydrogen) atoms. The second kappa shape index (κ2) is 12.5. The van der Waals surface area contributed by atoms with Crippen LogP contribution in [0.1, 0.15) is 30.4 Å². The molecule has 8 nitrogen and oxygen atoms in total. The van der Waals surface area contributed by atoms with E-state index in [1.54, 1.807) is 19.6 Å². The fraction of sp³-hybridized carbons (Fsp3) is 0.367. The zero-order chi connectivity index (χ0) is 28.0. The van der Waals surface area contributed by atoms with Gasteiger partial charge in [0.15, 0.2) is 0 Å². The maximum Gasteiger partial charge on any atom is 0.141 e. The van der Waals surface area contributed by atoms with Gasteiger partial charge < -0.3 is 20.3 Å². The number of rotatable bonds is 9. The minimum atomic E-state index is -2.31. The standard InChI is InChI=1S/C30H40N6O2S/c1-22(33-29-19-24(14-15-32-29)28(38-4)20-31-2)21-36-17-8-7-16-35(3)27-13-12-26(34-30(27)36)23-10-9-11-25(18-23)39(5,6)37/h9-12,14-15,18-20,27,31H,1,5,7-8,13,16-17,21H2,2-4,6H3,(H,32,33)/b28-20-. The van der Waals surface area contributed by atoms with E-state index in [0.717, 1.165) is 71.4 Å². The molecule has 3 heterocycles. The summed E-state index contributed by atoms with van der Waals surface area (Å²) in [5.74, 6) is 6.32. The van der Waals surface area contributed by atoms with Crippen molar-refractivity contribution >= 4 is 38.5 Å². The number of aliphatic imine (C=N–C) groups is 1. The van der Waals surface area contributed by atoms with Gasteiger partial charge in [0, 0.05) is 54.0 Å². The molecular formula is C30H40N6O2S. The van der Waals surface area contributed by atoms with Crippen molar-refractivity contribution < 1.29 is 8.95 Å². The average Bonchev–Trinajstić information content (AvgIpc) is 2.92. The zero-order valence-corrected chi connectivity index (χ0v) is 24.3. The Kier molecular flexibility index (Phi) is 9.14. The van der Waals surface area contributed by atoms with Gasteiger partial charge in [0.1, 0.15) is 17.4 Å². The molecule has 0 amide bonds. The molecule has 1 aromatic carbocycles. The van der Waals surface area contributed by atoms with Crippen LogP contribution in [0.25, 0.3) is 11.5 Å². The molecule has 0 radical (unpaired) electrons. The summed E-state index contributed by atoms with van der Waals surface area (Å²) in [5.41, 5.74) is 3.61. The zero-order valence-electron chi connectivity index (χ0n) is 23.4. The lowest BCUT2D eigenvalue weighted by Gasteiger charge is -2.40. The van der Waals surface area contributed by atoms with Crippen molar-refractivity contribution in [2.45, 2.75) is 30.2 Å². The van der Waals surface area contributed by atoms with Gasteiger partial charge in [-0.15, -0.1) is 0 Å². The van der Waals surface area contributed by atoms with Gasteiger partial charge in [0.25, 0.3) is 0 Å². The summed E-state index contributed by atoms with van der Waals surface area (Å²) in [6.45, 7) is 6.86. The van der Waals surface area contributed by atoms with Crippen LogP contribution in [0, 0.1) is 0 Å². The van der Waals surface area contributed by atoms with E-state index in [1.165, 1.54) is 0 Å². The summed E-state index contributed by atoms with van der Waals surface area (Å²) >= 11 is 0. The molecule has 0 bridgehead atoms. The summed E-state index contributed by atoms with van der Waals surface area (Å²) in [4.78, 5) is 15.1. The lowest BCUT2D eigenvalue weighted by atomic mass is 10.0. The van der Waals surface area contributed by atoms with E-state index < -0.39 is 9.52 Å². The number of anilines is 1. The number of likely N-dealkylation sites (N-methyl/N-ethyl adjacent to an activating group) is 1. The van der Waals surface area contributed by atoms with Crippen LogP contribution in [-0.2, 0) is 14.3 Å². The fourth-order valence-corrected chi connectivity index (χ4v) is 5.67. The van der Waals surface area contributed by atoms with Crippen LogP contribution in [0.4, 0.5) is 5.82 Å². The monoisotopic (exact) mass is 548 g/mol. The lowest BCUT2D eigenvalue weighted by Crippen LogP contribution is -2.51. The van der Waals surface area contributed by atoms with E-state index >= 15 is 0 Å². The van der Waals surface area contributed by atoms with Crippen LogP contribution in [0.3, 0.4) is 0 Å². The third-order valence-electron chi connectivity index (χ3n) is 6.97. The van der Waals surface area contributed by atoms with E-state index in [1.807, 2.05) is 49.6 Å². The first kappa shape index (κ1) is 28.4. The van der Waals surface area contributed by atoms with Gasteiger partial charge in [-0.05, 0) is 72.5 Å². The van der Waals surface area contributed by atoms with Crippen molar-refractivity contribution in [3.05, 3.63) is 78.3 Å². The smallest absolute Gasteiger partial charge is 0.141 e. The van der Waals surface area contributed by atoms with Crippen molar-refractivity contribution in [1.82, 2.24) is 20.1 Å². The number of benzene rings is 1. The van der Waals surface area contributed by atoms with E-state index in [2.05, 4.69) is 51.0 Å². The Balaban J connectivity index is 1.58. The Hall–Kier alpha value is -3.56. The van der Waals surface area contributed by atoms with E-state index in [-0.39, 0.29) is 6.04 Å². The third kappa shape index (κ3) is 7.10. The molecule has 208 valence electrons. The number of nitrogens with zero attached hydrogens (tertiary/aromatic N) is 4. The molecule has 2 N–H and O–H groups in total. The first-order valence-electron chi connectivity index (χ1n) is 13.2. The molecule has 9 heteroatoms. The number of methoxy groups -OCH3 is 1. The largest absolute Gasteiger partial charge is 0.495 e. The molecule has 4 rings (SSSR count). The maximum atomic E-state index is 12.6. The van der Waals surface area contributed by atoms with Gasteiger partial charge in [-0.2, -0.15) is 0 Å². The summed E-state index contributed by atoms with van der Waals surface area (Å²) in [5, 5.41) is 6.39. The Morgan fingerprint density at radius 2 is 2.05 bits per heavy atom. The second-order valence-electron chi connectivity index (χ2n) is 10.1. The Labute approximate surface area is 233 Å². The molecule has 2 atom stereocenters. The first-order chi connectivity index (χ1) is 18.7. The van der Waals surface area contributed by atoms with Crippen molar-refractivity contribution in [2.75, 3.05) is 52.4 Å². The minimum Gasteiger partial charge on any atom is -0.495 e. The normalized spacial score (nSPS) is 19.9. The van der Waals surface area contributed by atoms with Crippen LogP contribution >= 0.6 is 0 Å². The highest BCUT2D eigenvalue weighted by molar-refractivity contribution is 7.99. The van der Waals surface area contributed by atoms with Crippen LogP contribution in [0.5, 0.6) is 0 Å². The minimum absolute atomic E-state index is 0.186. The predicted octanol–water partition coefficient (Wildman–Crippen LogP) is 4.12.